The van der Waals surface area contributed by atoms with E-state index >= 15 is 0 Å². The maximum atomic E-state index is 12.6. The highest BCUT2D eigenvalue weighted by atomic mass is 16.5. The minimum atomic E-state index is -0.591. The van der Waals surface area contributed by atoms with Gasteiger partial charge in [-0.05, 0) is 85.4 Å². The van der Waals surface area contributed by atoms with Gasteiger partial charge in [-0.3, -0.25) is 4.79 Å². The van der Waals surface area contributed by atoms with Crippen molar-refractivity contribution in [3.8, 4) is 23.0 Å². The number of nitrogens with one attached hydrogen (secondary N) is 1. The van der Waals surface area contributed by atoms with Gasteiger partial charge in [0.05, 0.1) is 39.2 Å². The molecule has 0 bridgehead atoms. The third-order valence-corrected chi connectivity index (χ3v) is 6.69. The Labute approximate surface area is 291 Å². The van der Waals surface area contributed by atoms with E-state index in [9.17, 15) is 19.2 Å². The van der Waals surface area contributed by atoms with Crippen LogP contribution in [0, 0.1) is 0 Å². The van der Waals surface area contributed by atoms with Crippen molar-refractivity contribution in [2.75, 3.05) is 38.9 Å². The van der Waals surface area contributed by atoms with E-state index in [-0.39, 0.29) is 11.7 Å². The van der Waals surface area contributed by atoms with Crippen LogP contribution in [0.2, 0.25) is 0 Å². The molecule has 0 heterocycles. The van der Waals surface area contributed by atoms with E-state index in [0.29, 0.717) is 62.2 Å². The van der Waals surface area contributed by atoms with Gasteiger partial charge in [0, 0.05) is 30.4 Å². The third kappa shape index (κ3) is 14.8. The molecule has 11 nitrogen and oxygen atoms in total. The van der Waals surface area contributed by atoms with Crippen molar-refractivity contribution in [2.24, 2.45) is 0 Å². The van der Waals surface area contributed by atoms with E-state index < -0.39 is 17.9 Å². The van der Waals surface area contributed by atoms with Crippen molar-refractivity contribution < 1.29 is 47.6 Å². The van der Waals surface area contributed by atoms with Crippen LogP contribution in [0.25, 0.3) is 12.2 Å². The summed E-state index contributed by atoms with van der Waals surface area (Å²) in [5.74, 6) is 0.0753. The highest BCUT2D eigenvalue weighted by Gasteiger charge is 2.10. The Morgan fingerprint density at radius 3 is 1.60 bits per heavy atom. The van der Waals surface area contributed by atoms with Gasteiger partial charge < -0.3 is 33.7 Å². The van der Waals surface area contributed by atoms with Gasteiger partial charge in [0.2, 0.25) is 5.91 Å². The van der Waals surface area contributed by atoms with Gasteiger partial charge in [0.25, 0.3) is 0 Å². The van der Waals surface area contributed by atoms with E-state index in [2.05, 4.69) is 18.5 Å². The molecule has 0 atom stereocenters. The molecule has 0 aromatic heterocycles. The molecule has 3 aromatic rings. The lowest BCUT2D eigenvalue weighted by Gasteiger charge is -2.11. The molecule has 3 aromatic carbocycles. The van der Waals surface area contributed by atoms with Crippen LogP contribution >= 0.6 is 0 Å². The van der Waals surface area contributed by atoms with Gasteiger partial charge in [-0.2, -0.15) is 0 Å². The van der Waals surface area contributed by atoms with Gasteiger partial charge in [0.15, 0.2) is 0 Å². The Morgan fingerprint density at radius 2 is 1.10 bits per heavy atom. The molecule has 11 heteroatoms. The lowest BCUT2D eigenvalue weighted by atomic mass is 10.2. The Bertz CT molecular complexity index is 1640. The summed E-state index contributed by atoms with van der Waals surface area (Å²) in [5.41, 5.74) is 1.97. The van der Waals surface area contributed by atoms with Crippen molar-refractivity contribution >= 4 is 41.7 Å². The first-order chi connectivity index (χ1) is 24.3. The number of carbonyl (C=O) groups is 4. The molecule has 1 N–H and O–H groups in total. The van der Waals surface area contributed by atoms with Crippen LogP contribution in [-0.4, -0.2) is 57.4 Å². The molecule has 3 rings (SSSR count). The molecule has 0 radical (unpaired) electrons. The lowest BCUT2D eigenvalue weighted by molar-refractivity contribution is -0.138. The Balaban J connectivity index is 1.41. The summed E-state index contributed by atoms with van der Waals surface area (Å²) in [7, 11) is 1.45. The van der Waals surface area contributed by atoms with Crippen molar-refractivity contribution in [1.82, 2.24) is 0 Å². The molecule has 0 aliphatic heterocycles. The first kappa shape index (κ1) is 38.3. The lowest BCUT2D eigenvalue weighted by Crippen LogP contribution is -2.09. The van der Waals surface area contributed by atoms with Crippen molar-refractivity contribution in [1.29, 1.82) is 0 Å². The number of carbonyl (C=O) groups excluding carboxylic acids is 4. The predicted octanol–water partition coefficient (Wildman–Crippen LogP) is 6.74. The minimum absolute atomic E-state index is 0.242. The van der Waals surface area contributed by atoms with E-state index in [0.717, 1.165) is 36.1 Å². The number of benzene rings is 3. The number of rotatable bonds is 21. The number of hydrogen-bond donors (Lipinski definition) is 1. The fraction of sp³-hybridized carbons (Fsp3) is 0.231. The third-order valence-electron chi connectivity index (χ3n) is 6.69. The summed E-state index contributed by atoms with van der Waals surface area (Å²) in [6.45, 7) is 8.29. The van der Waals surface area contributed by atoms with Gasteiger partial charge >= 0.3 is 17.9 Å². The van der Waals surface area contributed by atoms with Crippen LogP contribution < -0.4 is 24.3 Å². The molecule has 50 heavy (non-hydrogen) atoms. The standard InChI is InChI=1S/C39H41NO10/c1-4-37(42)48-26-8-6-24-46-31-16-10-29(11-17-31)14-22-36(41)40-34-21-20-33(28-35(34)45-3)50-39(44)23-15-30-12-18-32(19-13-30)47-25-7-9-27-49-38(43)5-2/h4-5,10-23,28H,1-2,6-9,24-27H2,3H3,(H,40,41). The molecular weight excluding hydrogens is 642 g/mol. The van der Waals surface area contributed by atoms with Gasteiger partial charge in [0.1, 0.15) is 23.0 Å². The smallest absolute Gasteiger partial charge is 0.336 e. The first-order valence-electron chi connectivity index (χ1n) is 15.9. The van der Waals surface area contributed by atoms with Crippen LogP contribution in [0.1, 0.15) is 36.8 Å². The molecule has 0 fully saturated rings. The summed E-state index contributed by atoms with van der Waals surface area (Å²) in [6, 6.07) is 19.1. The van der Waals surface area contributed by atoms with Crippen LogP contribution in [0.5, 0.6) is 23.0 Å². The van der Waals surface area contributed by atoms with Crippen molar-refractivity contribution in [2.45, 2.75) is 25.7 Å². The fourth-order valence-corrected chi connectivity index (χ4v) is 4.10. The molecule has 0 aliphatic rings. The minimum Gasteiger partial charge on any atom is -0.494 e. The largest absolute Gasteiger partial charge is 0.494 e. The maximum absolute atomic E-state index is 12.6. The first-order valence-corrected chi connectivity index (χ1v) is 15.9. The normalized spacial score (nSPS) is 10.7. The van der Waals surface area contributed by atoms with E-state index in [1.54, 1.807) is 48.6 Å². The Hall–Kier alpha value is -6.10. The van der Waals surface area contributed by atoms with Crippen LogP contribution in [0.4, 0.5) is 5.69 Å². The number of ether oxygens (including phenoxy) is 6. The fourth-order valence-electron chi connectivity index (χ4n) is 4.10. The van der Waals surface area contributed by atoms with Crippen molar-refractivity contribution in [3.63, 3.8) is 0 Å². The number of hydrogen-bond acceptors (Lipinski definition) is 10. The average molecular weight is 684 g/mol. The molecular formula is C39H41NO10. The second kappa shape index (κ2) is 21.7. The zero-order valence-electron chi connectivity index (χ0n) is 28.0. The number of esters is 3. The molecule has 0 saturated heterocycles. The van der Waals surface area contributed by atoms with E-state index in [1.165, 1.54) is 25.3 Å². The second-order valence-corrected chi connectivity index (χ2v) is 10.4. The SMILES string of the molecule is C=CC(=O)OCCCCOc1ccc(C=CC(=O)Nc2ccc(OC(=O)C=Cc3ccc(OCCCCOC(=O)C=C)cc3)cc2OC)cc1. The molecule has 0 aliphatic carbocycles. The summed E-state index contributed by atoms with van der Waals surface area (Å²) in [6.07, 6.45) is 11.1. The van der Waals surface area contributed by atoms with Crippen molar-refractivity contribution in [3.05, 3.63) is 115 Å². The topological polar surface area (TPSA) is 136 Å². The molecule has 1 amide bonds. The molecule has 0 spiro atoms. The highest BCUT2D eigenvalue weighted by Crippen LogP contribution is 2.29. The van der Waals surface area contributed by atoms with Crippen LogP contribution in [-0.2, 0) is 28.7 Å². The summed E-state index contributed by atoms with van der Waals surface area (Å²) in [5, 5.41) is 2.76. The Kier molecular flexibility index (Phi) is 16.7. The van der Waals surface area contributed by atoms with Gasteiger partial charge in [-0.15, -0.1) is 0 Å². The maximum Gasteiger partial charge on any atom is 0.336 e. The number of anilines is 1. The monoisotopic (exact) mass is 683 g/mol. The number of amides is 1. The van der Waals surface area contributed by atoms with E-state index in [1.807, 2.05) is 24.3 Å². The second-order valence-electron chi connectivity index (χ2n) is 10.4. The number of unbranched alkanes of at least 4 members (excludes halogenated alkanes) is 2. The molecule has 262 valence electrons. The van der Waals surface area contributed by atoms with Crippen LogP contribution in [0.15, 0.2) is 104 Å². The molecule has 0 saturated carbocycles. The number of methoxy groups -OCH3 is 1. The quantitative estimate of drug-likeness (QED) is 0.0556. The van der Waals surface area contributed by atoms with E-state index in [4.69, 9.17) is 28.4 Å². The zero-order valence-corrected chi connectivity index (χ0v) is 28.0. The zero-order chi connectivity index (χ0) is 36.0. The summed E-state index contributed by atoms with van der Waals surface area (Å²) >= 11 is 0. The summed E-state index contributed by atoms with van der Waals surface area (Å²) in [4.78, 5) is 47.1. The predicted molar refractivity (Wildman–Crippen MR) is 190 cm³/mol. The summed E-state index contributed by atoms with van der Waals surface area (Å²) < 4.78 is 32.0. The average Bonchev–Trinajstić information content (AvgIpc) is 3.13. The highest BCUT2D eigenvalue weighted by molar-refractivity contribution is 6.03. The Morgan fingerprint density at radius 1 is 0.620 bits per heavy atom. The van der Waals surface area contributed by atoms with Gasteiger partial charge in [-0.1, -0.05) is 37.4 Å². The molecule has 0 unspecified atom stereocenters. The van der Waals surface area contributed by atoms with Gasteiger partial charge in [-0.25, -0.2) is 14.4 Å². The van der Waals surface area contributed by atoms with Crippen LogP contribution in [0.3, 0.4) is 0 Å².